The molecule has 92 valence electrons. The summed E-state index contributed by atoms with van der Waals surface area (Å²) in [5, 5.41) is 9.23. The molecule has 0 atom stereocenters. The number of hydrogen-bond donors (Lipinski definition) is 1. The van der Waals surface area contributed by atoms with E-state index in [1.54, 1.807) is 12.1 Å². The van der Waals surface area contributed by atoms with E-state index in [1.807, 2.05) is 6.07 Å². The van der Waals surface area contributed by atoms with Crippen molar-refractivity contribution in [2.45, 2.75) is 32.2 Å². The van der Waals surface area contributed by atoms with E-state index in [1.165, 1.54) is 12.8 Å². The molecule has 0 heterocycles. The van der Waals surface area contributed by atoms with E-state index in [2.05, 4.69) is 27.8 Å². The van der Waals surface area contributed by atoms with E-state index in [9.17, 15) is 9.90 Å². The van der Waals surface area contributed by atoms with Crippen LogP contribution in [-0.4, -0.2) is 23.7 Å². The van der Waals surface area contributed by atoms with Crippen LogP contribution < -0.4 is 4.90 Å². The van der Waals surface area contributed by atoms with Crippen LogP contribution in [0.25, 0.3) is 0 Å². The molecule has 1 aliphatic rings. The first kappa shape index (κ1) is 12.4. The molecule has 1 fully saturated rings. The molecule has 1 N–H and O–H groups in total. The molecule has 3 nitrogen and oxygen atoms in total. The van der Waals surface area contributed by atoms with Crippen molar-refractivity contribution >= 4 is 27.6 Å². The highest BCUT2D eigenvalue weighted by Gasteiger charge is 2.30. The Hall–Kier alpha value is -1.03. The minimum absolute atomic E-state index is 0.397. The second kappa shape index (κ2) is 5.08. The van der Waals surface area contributed by atoms with Crippen molar-refractivity contribution < 1.29 is 9.90 Å². The lowest BCUT2D eigenvalue weighted by molar-refractivity contribution is 0.0697. The molecule has 0 spiro atoms. The summed E-state index contributed by atoms with van der Waals surface area (Å²) >= 11 is 3.41. The third-order valence-electron chi connectivity index (χ3n) is 2.95. The molecule has 1 saturated carbocycles. The van der Waals surface area contributed by atoms with Gasteiger partial charge in [0, 0.05) is 17.1 Å². The summed E-state index contributed by atoms with van der Waals surface area (Å²) in [5.41, 5.74) is 1.24. The molecule has 0 radical (unpaired) electrons. The van der Waals surface area contributed by atoms with Gasteiger partial charge in [-0.1, -0.05) is 22.9 Å². The molecule has 0 aromatic heterocycles. The Morgan fingerprint density at radius 3 is 2.76 bits per heavy atom. The van der Waals surface area contributed by atoms with Gasteiger partial charge in [-0.25, -0.2) is 4.79 Å². The Morgan fingerprint density at radius 1 is 1.53 bits per heavy atom. The summed E-state index contributed by atoms with van der Waals surface area (Å²) in [6, 6.07) is 5.90. The van der Waals surface area contributed by atoms with Crippen LogP contribution in [0, 0.1) is 0 Å². The maximum atomic E-state index is 11.2. The quantitative estimate of drug-likeness (QED) is 0.904. The average Bonchev–Trinajstić information content (AvgIpc) is 3.09. The van der Waals surface area contributed by atoms with Gasteiger partial charge in [0.2, 0.25) is 0 Å². The summed E-state index contributed by atoms with van der Waals surface area (Å²) in [6.07, 6.45) is 3.37. The minimum Gasteiger partial charge on any atom is -0.478 e. The summed E-state index contributed by atoms with van der Waals surface area (Å²) in [6.45, 7) is 3.04. The molecule has 0 saturated heterocycles. The van der Waals surface area contributed by atoms with Gasteiger partial charge < -0.3 is 10.0 Å². The third-order valence-corrected chi connectivity index (χ3v) is 3.45. The number of anilines is 1. The topological polar surface area (TPSA) is 40.5 Å². The van der Waals surface area contributed by atoms with Crippen LogP contribution in [-0.2, 0) is 0 Å². The number of carboxylic acids is 1. The van der Waals surface area contributed by atoms with Crippen LogP contribution in [0.3, 0.4) is 0 Å². The van der Waals surface area contributed by atoms with Crippen LogP contribution in [0.5, 0.6) is 0 Å². The molecule has 1 aliphatic carbocycles. The molecule has 4 heteroatoms. The van der Waals surface area contributed by atoms with Gasteiger partial charge in [-0.3, -0.25) is 0 Å². The molecule has 0 unspecified atom stereocenters. The SMILES string of the molecule is CCCN(c1cc(Br)ccc1C(=O)O)C1CC1. The molecule has 17 heavy (non-hydrogen) atoms. The monoisotopic (exact) mass is 297 g/mol. The van der Waals surface area contributed by atoms with Crippen LogP contribution >= 0.6 is 15.9 Å². The average molecular weight is 298 g/mol. The number of aromatic carboxylic acids is 1. The van der Waals surface area contributed by atoms with Crippen molar-refractivity contribution in [2.75, 3.05) is 11.4 Å². The minimum atomic E-state index is -0.853. The third kappa shape index (κ3) is 2.80. The predicted octanol–water partition coefficient (Wildman–Crippen LogP) is 3.53. The molecular weight excluding hydrogens is 282 g/mol. The van der Waals surface area contributed by atoms with E-state index in [4.69, 9.17) is 0 Å². The van der Waals surface area contributed by atoms with Crippen molar-refractivity contribution in [3.8, 4) is 0 Å². The molecule has 0 bridgehead atoms. The maximum Gasteiger partial charge on any atom is 0.337 e. The second-order valence-electron chi connectivity index (χ2n) is 4.39. The fourth-order valence-corrected chi connectivity index (χ4v) is 2.40. The van der Waals surface area contributed by atoms with Gasteiger partial charge in [-0.2, -0.15) is 0 Å². The van der Waals surface area contributed by atoms with Crippen molar-refractivity contribution in [3.05, 3.63) is 28.2 Å². The van der Waals surface area contributed by atoms with Crippen molar-refractivity contribution in [1.29, 1.82) is 0 Å². The fraction of sp³-hybridized carbons (Fsp3) is 0.462. The molecule has 0 aliphatic heterocycles. The van der Waals surface area contributed by atoms with Crippen LogP contribution in [0.1, 0.15) is 36.5 Å². The first-order valence-electron chi connectivity index (χ1n) is 5.93. The zero-order valence-corrected chi connectivity index (χ0v) is 11.4. The van der Waals surface area contributed by atoms with Crippen molar-refractivity contribution in [3.63, 3.8) is 0 Å². The number of carboxylic acid groups (broad SMARTS) is 1. The van der Waals surface area contributed by atoms with Crippen molar-refractivity contribution in [1.82, 2.24) is 0 Å². The van der Waals surface area contributed by atoms with Gasteiger partial charge in [-0.15, -0.1) is 0 Å². The van der Waals surface area contributed by atoms with Crippen LogP contribution in [0.4, 0.5) is 5.69 Å². The molecule has 0 amide bonds. The Kier molecular flexibility index (Phi) is 3.72. The highest BCUT2D eigenvalue weighted by Crippen LogP contribution is 2.35. The molecule has 1 aromatic rings. The Balaban J connectivity index is 2.39. The van der Waals surface area contributed by atoms with Gasteiger partial charge >= 0.3 is 5.97 Å². The lowest BCUT2D eigenvalue weighted by atomic mass is 10.1. The smallest absolute Gasteiger partial charge is 0.337 e. The molecular formula is C13H16BrNO2. The van der Waals surface area contributed by atoms with E-state index in [0.717, 1.165) is 23.1 Å². The number of carbonyl (C=O) groups is 1. The van der Waals surface area contributed by atoms with Gasteiger partial charge in [0.15, 0.2) is 0 Å². The zero-order valence-electron chi connectivity index (χ0n) is 9.82. The maximum absolute atomic E-state index is 11.2. The van der Waals surface area contributed by atoms with Gasteiger partial charge in [-0.05, 0) is 37.5 Å². The summed E-state index contributed by atoms with van der Waals surface area (Å²) in [7, 11) is 0. The van der Waals surface area contributed by atoms with E-state index in [-0.39, 0.29) is 0 Å². The number of nitrogens with zero attached hydrogens (tertiary/aromatic N) is 1. The summed E-state index contributed by atoms with van der Waals surface area (Å²) in [4.78, 5) is 13.5. The summed E-state index contributed by atoms with van der Waals surface area (Å²) < 4.78 is 0.930. The lowest BCUT2D eigenvalue weighted by Crippen LogP contribution is -2.28. The number of hydrogen-bond acceptors (Lipinski definition) is 2. The van der Waals surface area contributed by atoms with Gasteiger partial charge in [0.25, 0.3) is 0 Å². The van der Waals surface area contributed by atoms with Crippen LogP contribution in [0.2, 0.25) is 0 Å². The van der Waals surface area contributed by atoms with Gasteiger partial charge in [0.1, 0.15) is 0 Å². The van der Waals surface area contributed by atoms with E-state index < -0.39 is 5.97 Å². The Morgan fingerprint density at radius 2 is 2.24 bits per heavy atom. The van der Waals surface area contributed by atoms with Crippen molar-refractivity contribution in [2.24, 2.45) is 0 Å². The molecule has 1 aromatic carbocycles. The summed E-state index contributed by atoms with van der Waals surface area (Å²) in [5.74, 6) is -0.853. The zero-order chi connectivity index (χ0) is 12.4. The molecule has 2 rings (SSSR count). The second-order valence-corrected chi connectivity index (χ2v) is 5.31. The Labute approximate surface area is 110 Å². The largest absolute Gasteiger partial charge is 0.478 e. The predicted molar refractivity (Wildman–Crippen MR) is 71.8 cm³/mol. The number of benzene rings is 1. The number of halogens is 1. The lowest BCUT2D eigenvalue weighted by Gasteiger charge is -2.25. The van der Waals surface area contributed by atoms with Gasteiger partial charge in [0.05, 0.1) is 11.3 Å². The fourth-order valence-electron chi connectivity index (χ4n) is 2.05. The van der Waals surface area contributed by atoms with E-state index >= 15 is 0 Å². The highest BCUT2D eigenvalue weighted by atomic mass is 79.9. The Bertz CT molecular complexity index is 429. The standard InChI is InChI=1S/C13H16BrNO2/c1-2-7-15(10-4-5-10)12-8-9(14)3-6-11(12)13(16)17/h3,6,8,10H,2,4-5,7H2,1H3,(H,16,17). The first-order valence-corrected chi connectivity index (χ1v) is 6.72. The first-order chi connectivity index (χ1) is 8.13. The van der Waals surface area contributed by atoms with E-state index in [0.29, 0.717) is 11.6 Å². The normalized spacial score (nSPS) is 14.7. The number of rotatable bonds is 5. The van der Waals surface area contributed by atoms with Crippen LogP contribution in [0.15, 0.2) is 22.7 Å². The highest BCUT2D eigenvalue weighted by molar-refractivity contribution is 9.10.